The highest BCUT2D eigenvalue weighted by atomic mass is 16.6. The Morgan fingerprint density at radius 3 is 2.00 bits per heavy atom. The van der Waals surface area contributed by atoms with Crippen molar-refractivity contribution in [1.82, 2.24) is 20.9 Å². The summed E-state index contributed by atoms with van der Waals surface area (Å²) in [5.41, 5.74) is 1.51. The fraction of sp³-hybridized carbons (Fsp3) is 0.500. The first-order valence-electron chi connectivity index (χ1n) is 20.6. The second kappa shape index (κ2) is 19.7. The molecule has 0 radical (unpaired) electrons. The number of hydrogen-bond acceptors (Lipinski definition) is 11. The molecule has 1 saturated heterocycles. The van der Waals surface area contributed by atoms with Crippen LogP contribution >= 0.6 is 0 Å². The molecule has 15 nitrogen and oxygen atoms in total. The maximum Gasteiger partial charge on any atom is 0.412 e. The molecule has 2 aliphatic heterocycles. The molecule has 15 heteroatoms. The van der Waals surface area contributed by atoms with Crippen molar-refractivity contribution in [2.24, 2.45) is 0 Å². The minimum absolute atomic E-state index is 0.0195. The van der Waals surface area contributed by atoms with Gasteiger partial charge in [0.25, 0.3) is 0 Å². The second-order valence-corrected chi connectivity index (χ2v) is 17.3. The van der Waals surface area contributed by atoms with Crippen LogP contribution in [-0.4, -0.2) is 96.3 Å². The van der Waals surface area contributed by atoms with Crippen LogP contribution in [0.5, 0.6) is 11.5 Å². The standard InChI is InChI=1S/C46H60N4O11/c1-27(2)58-38-18-16-30-20-32(38)22-35(49-43(54)61-45(5,6)7)40(51)47-36(24-34-25-50(46(8,9)60-34)44(55)57-26-29-14-12-11-13-15-29)41(52)48-37(42(53)56-10)23-33-21-31(30)17-19-39(33)59-28(3)4/h11-21,27-28,34-37H,22-26H2,1-10H3,(H,47,51)(H,48,52)(H,49,54)/t34-,35+,36+,37+/m1/s1. The van der Waals surface area contributed by atoms with Crippen LogP contribution in [-0.2, 0) is 52.8 Å². The molecule has 0 aromatic heterocycles. The number of methoxy groups -OCH3 is 1. The molecule has 3 N–H and O–H groups in total. The first-order chi connectivity index (χ1) is 28.7. The molecule has 4 bridgehead atoms. The van der Waals surface area contributed by atoms with Crippen molar-refractivity contribution >= 4 is 30.0 Å². The minimum Gasteiger partial charge on any atom is -0.491 e. The van der Waals surface area contributed by atoms with Crippen LogP contribution in [0.25, 0.3) is 11.1 Å². The lowest BCUT2D eigenvalue weighted by Crippen LogP contribution is -2.57. The van der Waals surface area contributed by atoms with Crippen molar-refractivity contribution < 1.29 is 52.4 Å². The number of nitrogens with one attached hydrogen (secondary N) is 3. The molecule has 5 rings (SSSR count). The molecule has 61 heavy (non-hydrogen) atoms. The number of carbonyl (C=O) groups excluding carboxylic acids is 5. The Balaban J connectivity index is 1.57. The summed E-state index contributed by atoms with van der Waals surface area (Å²) in [5.74, 6) is -1.17. The van der Waals surface area contributed by atoms with Gasteiger partial charge in [-0.2, -0.15) is 0 Å². The third-order valence-corrected chi connectivity index (χ3v) is 9.89. The van der Waals surface area contributed by atoms with Gasteiger partial charge in [-0.05, 0) is 114 Å². The number of benzene rings is 3. The number of fused-ring (bicyclic) bond motifs is 5. The van der Waals surface area contributed by atoms with Gasteiger partial charge in [0.2, 0.25) is 11.8 Å². The van der Waals surface area contributed by atoms with Crippen LogP contribution in [0.4, 0.5) is 9.59 Å². The number of nitrogens with zero attached hydrogens (tertiary/aromatic N) is 1. The summed E-state index contributed by atoms with van der Waals surface area (Å²) >= 11 is 0. The van der Waals surface area contributed by atoms with Crippen molar-refractivity contribution in [3.8, 4) is 22.6 Å². The van der Waals surface area contributed by atoms with Crippen LogP contribution in [0.1, 0.15) is 85.4 Å². The average Bonchev–Trinajstić information content (AvgIpc) is 3.49. The van der Waals surface area contributed by atoms with Gasteiger partial charge in [0, 0.05) is 19.3 Å². The molecule has 0 unspecified atom stereocenters. The Bertz CT molecular complexity index is 2050. The van der Waals surface area contributed by atoms with Crippen LogP contribution in [0, 0.1) is 0 Å². The van der Waals surface area contributed by atoms with Gasteiger partial charge in [-0.25, -0.2) is 14.4 Å². The van der Waals surface area contributed by atoms with Crippen molar-refractivity contribution in [2.45, 2.75) is 136 Å². The predicted octanol–water partition coefficient (Wildman–Crippen LogP) is 6.23. The molecule has 3 aromatic rings. The first kappa shape index (κ1) is 46.2. The molecule has 0 saturated carbocycles. The SMILES string of the molecule is COC(=O)[C@@H]1Cc2cc(ccc2OC(C)C)-c2ccc(OC(C)C)c(c2)C[C@H](NC(=O)OC(C)(C)C)C(=O)N[C@@H](C[C@@H]2CN(C(=O)OCc3ccccc3)C(C)(C)O2)C(=O)N1. The van der Waals surface area contributed by atoms with Gasteiger partial charge in [0.05, 0.1) is 32.0 Å². The average molecular weight is 845 g/mol. The summed E-state index contributed by atoms with van der Waals surface area (Å²) in [5, 5.41) is 8.36. The number of rotatable bonds is 10. The Morgan fingerprint density at radius 1 is 0.852 bits per heavy atom. The zero-order valence-electron chi connectivity index (χ0n) is 36.8. The van der Waals surface area contributed by atoms with Crippen LogP contribution in [0.3, 0.4) is 0 Å². The van der Waals surface area contributed by atoms with Gasteiger partial charge in [-0.1, -0.05) is 42.5 Å². The van der Waals surface area contributed by atoms with E-state index in [1.807, 2.05) is 94.4 Å². The van der Waals surface area contributed by atoms with Crippen molar-refractivity contribution in [2.75, 3.05) is 13.7 Å². The molecule has 2 heterocycles. The second-order valence-electron chi connectivity index (χ2n) is 17.3. The third-order valence-electron chi connectivity index (χ3n) is 9.89. The van der Waals surface area contributed by atoms with Gasteiger partial charge >= 0.3 is 18.2 Å². The van der Waals surface area contributed by atoms with E-state index in [0.29, 0.717) is 22.6 Å². The summed E-state index contributed by atoms with van der Waals surface area (Å²) in [6.45, 7) is 16.1. The quantitative estimate of drug-likeness (QED) is 0.156. The molecule has 3 aromatic carbocycles. The molecular formula is C46H60N4O11. The van der Waals surface area contributed by atoms with Gasteiger partial charge in [0.15, 0.2) is 0 Å². The number of esters is 1. The fourth-order valence-corrected chi connectivity index (χ4v) is 7.19. The predicted molar refractivity (Wildman–Crippen MR) is 227 cm³/mol. The molecular weight excluding hydrogens is 785 g/mol. The largest absolute Gasteiger partial charge is 0.491 e. The smallest absolute Gasteiger partial charge is 0.412 e. The lowest BCUT2D eigenvalue weighted by atomic mass is 9.95. The first-order valence-corrected chi connectivity index (χ1v) is 20.6. The summed E-state index contributed by atoms with van der Waals surface area (Å²) in [6.07, 6.45) is -2.90. The third kappa shape index (κ3) is 12.8. The lowest BCUT2D eigenvalue weighted by Gasteiger charge is -2.29. The van der Waals surface area contributed by atoms with E-state index in [0.717, 1.165) is 16.7 Å². The normalized spacial score (nSPS) is 20.4. The molecule has 0 aliphatic carbocycles. The van der Waals surface area contributed by atoms with Gasteiger partial charge in [-0.3, -0.25) is 14.5 Å². The van der Waals surface area contributed by atoms with Crippen molar-refractivity contribution in [3.05, 3.63) is 83.4 Å². The molecule has 4 amide bonds. The number of amides is 4. The van der Waals surface area contributed by atoms with E-state index in [1.165, 1.54) is 12.0 Å². The van der Waals surface area contributed by atoms with E-state index in [-0.39, 0.29) is 44.6 Å². The summed E-state index contributed by atoms with van der Waals surface area (Å²) < 4.78 is 35.1. The Kier molecular flexibility index (Phi) is 14.9. The van der Waals surface area contributed by atoms with Crippen LogP contribution < -0.4 is 25.4 Å². The Labute approximate surface area is 358 Å². The fourth-order valence-electron chi connectivity index (χ4n) is 7.19. The highest BCUT2D eigenvalue weighted by Gasteiger charge is 2.45. The highest BCUT2D eigenvalue weighted by Crippen LogP contribution is 2.34. The molecule has 1 fully saturated rings. The topological polar surface area (TPSA) is 180 Å². The van der Waals surface area contributed by atoms with Crippen LogP contribution in [0.15, 0.2) is 66.7 Å². The zero-order chi connectivity index (χ0) is 44.6. The van der Waals surface area contributed by atoms with E-state index < -0.39 is 65.5 Å². The summed E-state index contributed by atoms with van der Waals surface area (Å²) in [7, 11) is 1.22. The number of hydrogen-bond donors (Lipinski definition) is 3. The van der Waals surface area contributed by atoms with E-state index in [1.54, 1.807) is 34.6 Å². The monoisotopic (exact) mass is 844 g/mol. The van der Waals surface area contributed by atoms with Crippen molar-refractivity contribution in [1.29, 1.82) is 0 Å². The summed E-state index contributed by atoms with van der Waals surface area (Å²) in [6, 6.07) is 16.6. The maximum atomic E-state index is 14.6. The van der Waals surface area contributed by atoms with E-state index in [9.17, 15) is 24.0 Å². The summed E-state index contributed by atoms with van der Waals surface area (Å²) in [4.78, 5) is 70.7. The molecule has 4 atom stereocenters. The zero-order valence-corrected chi connectivity index (χ0v) is 36.8. The van der Waals surface area contributed by atoms with Crippen LogP contribution in [0.2, 0.25) is 0 Å². The molecule has 2 aliphatic rings. The Morgan fingerprint density at radius 2 is 1.44 bits per heavy atom. The number of ether oxygens (including phenoxy) is 6. The van der Waals surface area contributed by atoms with Gasteiger partial charge in [0.1, 0.15) is 47.6 Å². The lowest BCUT2D eigenvalue weighted by molar-refractivity contribution is -0.145. The molecule has 330 valence electrons. The number of alkyl carbamates (subject to hydrolysis) is 1. The Hall–Kier alpha value is -5.83. The van der Waals surface area contributed by atoms with Gasteiger partial charge in [-0.15, -0.1) is 0 Å². The van der Waals surface area contributed by atoms with E-state index in [4.69, 9.17) is 28.4 Å². The van der Waals surface area contributed by atoms with E-state index >= 15 is 0 Å². The number of carbonyl (C=O) groups is 5. The van der Waals surface area contributed by atoms with Gasteiger partial charge < -0.3 is 44.4 Å². The minimum atomic E-state index is -1.34. The maximum absolute atomic E-state index is 14.6. The highest BCUT2D eigenvalue weighted by molar-refractivity contribution is 5.93. The molecule has 0 spiro atoms. The van der Waals surface area contributed by atoms with Crippen molar-refractivity contribution in [3.63, 3.8) is 0 Å². The van der Waals surface area contributed by atoms with E-state index in [2.05, 4.69) is 16.0 Å².